The molecule has 0 aliphatic heterocycles. The molecule has 2 rings (SSSR count). The Hall–Kier alpha value is -1.02. The molecule has 2 nitrogen and oxygen atoms in total. The molecule has 0 radical (unpaired) electrons. The zero-order valence-corrected chi connectivity index (χ0v) is 11.3. The van der Waals surface area contributed by atoms with Crippen LogP contribution in [0.15, 0.2) is 24.3 Å². The Bertz CT molecular complexity index is 369. The Morgan fingerprint density at radius 3 is 2.35 bits per heavy atom. The van der Waals surface area contributed by atoms with E-state index in [0.717, 1.165) is 12.2 Å². The number of benzene rings is 1. The van der Waals surface area contributed by atoms with Gasteiger partial charge in [0.1, 0.15) is 5.75 Å². The van der Waals surface area contributed by atoms with Crippen molar-refractivity contribution in [2.45, 2.75) is 45.7 Å². The summed E-state index contributed by atoms with van der Waals surface area (Å²) in [5, 5.41) is 3.74. The number of ether oxygens (including phenoxy) is 1. The molecule has 1 aromatic carbocycles. The third-order valence-electron chi connectivity index (χ3n) is 3.84. The molecule has 0 saturated heterocycles. The molecular formula is C15H23NO. The molecule has 0 aromatic heterocycles. The van der Waals surface area contributed by atoms with Gasteiger partial charge in [-0.25, -0.2) is 0 Å². The van der Waals surface area contributed by atoms with Gasteiger partial charge in [-0.2, -0.15) is 0 Å². The van der Waals surface area contributed by atoms with Crippen molar-refractivity contribution in [3.8, 4) is 5.75 Å². The van der Waals surface area contributed by atoms with Crippen molar-refractivity contribution in [3.63, 3.8) is 0 Å². The number of hydrogen-bond acceptors (Lipinski definition) is 2. The van der Waals surface area contributed by atoms with Crippen LogP contribution in [0.3, 0.4) is 0 Å². The maximum absolute atomic E-state index is 5.19. The van der Waals surface area contributed by atoms with E-state index in [9.17, 15) is 0 Å². The fourth-order valence-electron chi connectivity index (χ4n) is 2.28. The van der Waals surface area contributed by atoms with E-state index in [2.05, 4.69) is 38.2 Å². The van der Waals surface area contributed by atoms with Crippen LogP contribution in [-0.4, -0.2) is 13.2 Å². The number of nitrogens with one attached hydrogen (secondary N) is 1. The van der Waals surface area contributed by atoms with Gasteiger partial charge in [0.25, 0.3) is 0 Å². The highest BCUT2D eigenvalue weighted by molar-refractivity contribution is 5.29. The first-order valence-electron chi connectivity index (χ1n) is 6.47. The van der Waals surface area contributed by atoms with Gasteiger partial charge in [-0.3, -0.25) is 0 Å². The lowest BCUT2D eigenvalue weighted by atomic mass is 10.0. The van der Waals surface area contributed by atoms with Gasteiger partial charge >= 0.3 is 0 Å². The molecule has 0 bridgehead atoms. The predicted molar refractivity (Wildman–Crippen MR) is 71.3 cm³/mol. The predicted octanol–water partition coefficient (Wildman–Crippen LogP) is 3.53. The Morgan fingerprint density at radius 1 is 1.35 bits per heavy atom. The minimum Gasteiger partial charge on any atom is -0.497 e. The lowest BCUT2D eigenvalue weighted by Gasteiger charge is -2.19. The van der Waals surface area contributed by atoms with E-state index in [1.165, 1.54) is 12.0 Å². The summed E-state index contributed by atoms with van der Waals surface area (Å²) in [6.07, 6.45) is 2.42. The topological polar surface area (TPSA) is 21.3 Å². The van der Waals surface area contributed by atoms with Gasteiger partial charge in [-0.15, -0.1) is 0 Å². The average molecular weight is 233 g/mol. The Kier molecular flexibility index (Phi) is 3.43. The summed E-state index contributed by atoms with van der Waals surface area (Å²) in [5.41, 5.74) is 1.84. The summed E-state index contributed by atoms with van der Waals surface area (Å²) < 4.78 is 5.19. The summed E-state index contributed by atoms with van der Waals surface area (Å²) in [6.45, 7) is 6.88. The highest BCUT2D eigenvalue weighted by Gasteiger charge is 2.46. The first-order valence-corrected chi connectivity index (χ1v) is 6.47. The van der Waals surface area contributed by atoms with Crippen molar-refractivity contribution in [3.05, 3.63) is 29.8 Å². The maximum Gasteiger partial charge on any atom is 0.118 e. The summed E-state index contributed by atoms with van der Waals surface area (Å²) in [7, 11) is 1.71. The van der Waals surface area contributed by atoms with Crippen molar-refractivity contribution in [2.24, 2.45) is 5.41 Å². The van der Waals surface area contributed by atoms with Crippen molar-refractivity contribution >= 4 is 0 Å². The number of methoxy groups -OCH3 is 1. The number of hydrogen-bond donors (Lipinski definition) is 1. The van der Waals surface area contributed by atoms with Gasteiger partial charge in [0.15, 0.2) is 0 Å². The molecular weight excluding hydrogens is 210 g/mol. The molecule has 0 spiro atoms. The summed E-state index contributed by atoms with van der Waals surface area (Å²) in [5.74, 6) is 0.926. The fraction of sp³-hybridized carbons (Fsp3) is 0.600. The van der Waals surface area contributed by atoms with Gasteiger partial charge in [0.2, 0.25) is 0 Å². The molecule has 1 aliphatic rings. The van der Waals surface area contributed by atoms with Crippen LogP contribution in [0.5, 0.6) is 5.75 Å². The van der Waals surface area contributed by atoms with Crippen LogP contribution in [0.4, 0.5) is 0 Å². The van der Waals surface area contributed by atoms with Crippen molar-refractivity contribution in [1.82, 2.24) is 5.32 Å². The lowest BCUT2D eigenvalue weighted by Crippen LogP contribution is -2.25. The second kappa shape index (κ2) is 4.69. The van der Waals surface area contributed by atoms with Crippen LogP contribution in [0.1, 0.15) is 45.2 Å². The Morgan fingerprint density at radius 2 is 1.94 bits per heavy atom. The van der Waals surface area contributed by atoms with E-state index < -0.39 is 0 Å². The molecule has 1 aromatic rings. The molecule has 2 heteroatoms. The zero-order chi connectivity index (χ0) is 12.5. The van der Waals surface area contributed by atoms with E-state index >= 15 is 0 Å². The SMILES string of the molecule is CCC(NC1CC1(C)C)c1ccc(OC)cc1. The zero-order valence-electron chi connectivity index (χ0n) is 11.3. The van der Waals surface area contributed by atoms with E-state index in [1.807, 2.05) is 12.1 Å². The first kappa shape index (κ1) is 12.4. The Labute approximate surface area is 104 Å². The summed E-state index contributed by atoms with van der Waals surface area (Å²) in [6, 6.07) is 9.54. The third kappa shape index (κ3) is 2.81. The lowest BCUT2D eigenvalue weighted by molar-refractivity contribution is 0.413. The fourth-order valence-corrected chi connectivity index (χ4v) is 2.28. The molecule has 0 amide bonds. The van der Waals surface area contributed by atoms with E-state index in [1.54, 1.807) is 7.11 Å². The number of rotatable bonds is 5. The van der Waals surface area contributed by atoms with Crippen LogP contribution in [0, 0.1) is 5.41 Å². The molecule has 1 saturated carbocycles. The van der Waals surface area contributed by atoms with Crippen LogP contribution >= 0.6 is 0 Å². The van der Waals surface area contributed by atoms with Crippen LogP contribution < -0.4 is 10.1 Å². The van der Waals surface area contributed by atoms with Crippen molar-refractivity contribution in [2.75, 3.05) is 7.11 Å². The van der Waals surface area contributed by atoms with Crippen molar-refractivity contribution in [1.29, 1.82) is 0 Å². The summed E-state index contributed by atoms with van der Waals surface area (Å²) >= 11 is 0. The molecule has 2 unspecified atom stereocenters. The third-order valence-corrected chi connectivity index (χ3v) is 3.84. The van der Waals surface area contributed by atoms with Crippen LogP contribution in [0.25, 0.3) is 0 Å². The minimum atomic E-state index is 0.465. The van der Waals surface area contributed by atoms with E-state index in [-0.39, 0.29) is 0 Å². The van der Waals surface area contributed by atoms with Crippen LogP contribution in [0.2, 0.25) is 0 Å². The molecule has 2 atom stereocenters. The molecule has 1 aliphatic carbocycles. The molecule has 94 valence electrons. The smallest absolute Gasteiger partial charge is 0.118 e. The molecule has 1 fully saturated rings. The quantitative estimate of drug-likeness (QED) is 0.840. The molecule has 17 heavy (non-hydrogen) atoms. The highest BCUT2D eigenvalue weighted by Crippen LogP contribution is 2.46. The van der Waals surface area contributed by atoms with Gasteiger partial charge in [0.05, 0.1) is 7.11 Å². The van der Waals surface area contributed by atoms with Crippen molar-refractivity contribution < 1.29 is 4.74 Å². The largest absolute Gasteiger partial charge is 0.497 e. The highest BCUT2D eigenvalue weighted by atomic mass is 16.5. The average Bonchev–Trinajstić information content (AvgIpc) is 2.94. The van der Waals surface area contributed by atoms with Gasteiger partial charge in [-0.1, -0.05) is 32.9 Å². The van der Waals surface area contributed by atoms with E-state index in [0.29, 0.717) is 17.5 Å². The minimum absolute atomic E-state index is 0.465. The second-order valence-electron chi connectivity index (χ2n) is 5.65. The monoisotopic (exact) mass is 233 g/mol. The van der Waals surface area contributed by atoms with Crippen LogP contribution in [-0.2, 0) is 0 Å². The Balaban J connectivity index is 2.02. The van der Waals surface area contributed by atoms with E-state index in [4.69, 9.17) is 4.74 Å². The second-order valence-corrected chi connectivity index (χ2v) is 5.65. The molecule has 1 N–H and O–H groups in total. The van der Waals surface area contributed by atoms with Gasteiger partial charge in [-0.05, 0) is 36.0 Å². The first-order chi connectivity index (χ1) is 8.06. The standard InChI is InChI=1S/C15H23NO/c1-5-13(16-14-10-15(14,2)3)11-6-8-12(17-4)9-7-11/h6-9,13-14,16H,5,10H2,1-4H3. The molecule has 0 heterocycles. The maximum atomic E-state index is 5.19. The van der Waals surface area contributed by atoms with Gasteiger partial charge < -0.3 is 10.1 Å². The van der Waals surface area contributed by atoms with Gasteiger partial charge in [0, 0.05) is 12.1 Å². The summed E-state index contributed by atoms with van der Waals surface area (Å²) in [4.78, 5) is 0. The normalized spacial score (nSPS) is 23.2.